The van der Waals surface area contributed by atoms with Crippen LogP contribution < -0.4 is 10.6 Å². The molecule has 1 saturated heterocycles. The third kappa shape index (κ3) is 2.94. The van der Waals surface area contributed by atoms with Crippen LogP contribution in [0.2, 0.25) is 0 Å². The Hall–Kier alpha value is -1.66. The molecule has 0 saturated carbocycles. The standard InChI is InChI=1S/C16H19BrN4O/c1-10-15(17)11(2)21(20-10)14-5-3-12(4-6-14)16(22)19-13-7-8-18-9-13/h3-6,13,18H,7-9H2,1-2H3,(H,19,22). The molecule has 2 heterocycles. The summed E-state index contributed by atoms with van der Waals surface area (Å²) in [4.78, 5) is 12.2. The normalized spacial score (nSPS) is 17.7. The molecule has 0 spiro atoms. The van der Waals surface area contributed by atoms with Crippen LogP contribution >= 0.6 is 15.9 Å². The Morgan fingerprint density at radius 3 is 2.64 bits per heavy atom. The van der Waals surface area contributed by atoms with Crippen LogP contribution in [-0.4, -0.2) is 34.8 Å². The van der Waals surface area contributed by atoms with Gasteiger partial charge in [0.15, 0.2) is 0 Å². The fourth-order valence-electron chi connectivity index (χ4n) is 2.68. The number of rotatable bonds is 3. The van der Waals surface area contributed by atoms with Gasteiger partial charge in [0.2, 0.25) is 0 Å². The molecule has 1 aliphatic rings. The van der Waals surface area contributed by atoms with Crippen molar-refractivity contribution in [3.63, 3.8) is 0 Å². The van der Waals surface area contributed by atoms with Crippen LogP contribution in [0.25, 0.3) is 5.69 Å². The van der Waals surface area contributed by atoms with Gasteiger partial charge >= 0.3 is 0 Å². The summed E-state index contributed by atoms with van der Waals surface area (Å²) in [5, 5.41) is 10.8. The molecule has 6 heteroatoms. The monoisotopic (exact) mass is 362 g/mol. The number of halogens is 1. The van der Waals surface area contributed by atoms with E-state index in [2.05, 4.69) is 31.7 Å². The average molecular weight is 363 g/mol. The molecule has 1 aliphatic heterocycles. The van der Waals surface area contributed by atoms with Crippen LogP contribution in [0.4, 0.5) is 0 Å². The van der Waals surface area contributed by atoms with Crippen LogP contribution in [0.3, 0.4) is 0 Å². The molecule has 5 nitrogen and oxygen atoms in total. The van der Waals surface area contributed by atoms with Crippen LogP contribution in [0.5, 0.6) is 0 Å². The van der Waals surface area contributed by atoms with Gasteiger partial charge in [-0.15, -0.1) is 0 Å². The predicted octanol–water partition coefficient (Wildman–Crippen LogP) is 2.34. The highest BCUT2D eigenvalue weighted by Crippen LogP contribution is 2.23. The molecule has 1 aromatic heterocycles. The van der Waals surface area contributed by atoms with Crippen LogP contribution in [0, 0.1) is 13.8 Å². The van der Waals surface area contributed by atoms with E-state index in [1.807, 2.05) is 42.8 Å². The summed E-state index contributed by atoms with van der Waals surface area (Å²) < 4.78 is 2.89. The second-order valence-corrected chi connectivity index (χ2v) is 6.40. The number of benzene rings is 1. The van der Waals surface area contributed by atoms with Crippen molar-refractivity contribution in [1.29, 1.82) is 0 Å². The molecular weight excluding hydrogens is 344 g/mol. The molecule has 2 N–H and O–H groups in total. The van der Waals surface area contributed by atoms with E-state index in [1.54, 1.807) is 0 Å². The highest BCUT2D eigenvalue weighted by molar-refractivity contribution is 9.10. The van der Waals surface area contributed by atoms with Crippen molar-refractivity contribution in [1.82, 2.24) is 20.4 Å². The van der Waals surface area contributed by atoms with Crippen molar-refractivity contribution in [2.75, 3.05) is 13.1 Å². The second-order valence-electron chi connectivity index (χ2n) is 5.61. The van der Waals surface area contributed by atoms with Gasteiger partial charge in [-0.25, -0.2) is 4.68 Å². The first-order valence-electron chi connectivity index (χ1n) is 7.40. The number of nitrogens with one attached hydrogen (secondary N) is 2. The van der Waals surface area contributed by atoms with Gasteiger partial charge in [-0.3, -0.25) is 4.79 Å². The third-order valence-electron chi connectivity index (χ3n) is 3.97. The smallest absolute Gasteiger partial charge is 0.251 e. The fourth-order valence-corrected chi connectivity index (χ4v) is 2.92. The Balaban J connectivity index is 1.77. The largest absolute Gasteiger partial charge is 0.348 e. The van der Waals surface area contributed by atoms with E-state index in [0.29, 0.717) is 5.56 Å². The minimum Gasteiger partial charge on any atom is -0.348 e. The van der Waals surface area contributed by atoms with E-state index in [4.69, 9.17) is 0 Å². The number of aryl methyl sites for hydroxylation is 1. The lowest BCUT2D eigenvalue weighted by Gasteiger charge is -2.11. The van der Waals surface area contributed by atoms with Gasteiger partial charge in [0.05, 0.1) is 21.5 Å². The Labute approximate surface area is 138 Å². The summed E-state index contributed by atoms with van der Waals surface area (Å²) in [6, 6.07) is 7.77. The van der Waals surface area contributed by atoms with Crippen molar-refractivity contribution >= 4 is 21.8 Å². The van der Waals surface area contributed by atoms with Crippen LogP contribution in [-0.2, 0) is 0 Å². The zero-order chi connectivity index (χ0) is 15.7. The molecule has 0 radical (unpaired) electrons. The number of hydrogen-bond donors (Lipinski definition) is 2. The number of carbonyl (C=O) groups excluding carboxylic acids is 1. The van der Waals surface area contributed by atoms with Crippen molar-refractivity contribution in [2.45, 2.75) is 26.3 Å². The van der Waals surface area contributed by atoms with Gasteiger partial charge in [-0.2, -0.15) is 5.10 Å². The molecule has 22 heavy (non-hydrogen) atoms. The molecule has 1 unspecified atom stereocenters. The molecule has 1 atom stereocenters. The third-order valence-corrected chi connectivity index (χ3v) is 5.12. The molecule has 1 fully saturated rings. The SMILES string of the molecule is Cc1nn(-c2ccc(C(=O)NC3CCNC3)cc2)c(C)c1Br. The van der Waals surface area contributed by atoms with Gasteiger partial charge < -0.3 is 10.6 Å². The number of amides is 1. The lowest BCUT2D eigenvalue weighted by Crippen LogP contribution is -2.36. The topological polar surface area (TPSA) is 59.0 Å². The molecule has 3 rings (SSSR count). The predicted molar refractivity (Wildman–Crippen MR) is 89.5 cm³/mol. The first kappa shape index (κ1) is 15.2. The number of hydrogen-bond acceptors (Lipinski definition) is 3. The summed E-state index contributed by atoms with van der Waals surface area (Å²) in [6.45, 7) is 5.79. The first-order chi connectivity index (χ1) is 10.6. The van der Waals surface area contributed by atoms with E-state index in [1.165, 1.54) is 0 Å². The zero-order valence-electron chi connectivity index (χ0n) is 12.7. The maximum Gasteiger partial charge on any atom is 0.251 e. The van der Waals surface area contributed by atoms with E-state index in [9.17, 15) is 4.79 Å². The van der Waals surface area contributed by atoms with Gasteiger partial charge in [0, 0.05) is 18.2 Å². The quantitative estimate of drug-likeness (QED) is 0.880. The van der Waals surface area contributed by atoms with Gasteiger partial charge in [-0.1, -0.05) is 0 Å². The van der Waals surface area contributed by atoms with Crippen molar-refractivity contribution < 1.29 is 4.79 Å². The molecule has 1 aromatic carbocycles. The van der Waals surface area contributed by atoms with Crippen LogP contribution in [0.15, 0.2) is 28.7 Å². The van der Waals surface area contributed by atoms with E-state index in [0.717, 1.165) is 41.1 Å². The van der Waals surface area contributed by atoms with Gasteiger partial charge in [0.25, 0.3) is 5.91 Å². The lowest BCUT2D eigenvalue weighted by atomic mass is 10.1. The summed E-state index contributed by atoms with van der Waals surface area (Å²) in [5.41, 5.74) is 3.63. The van der Waals surface area contributed by atoms with Crippen molar-refractivity contribution in [3.05, 3.63) is 45.7 Å². The van der Waals surface area contributed by atoms with Gasteiger partial charge in [0.1, 0.15) is 0 Å². The molecular formula is C16H19BrN4O. The lowest BCUT2D eigenvalue weighted by molar-refractivity contribution is 0.0940. The summed E-state index contributed by atoms with van der Waals surface area (Å²) in [7, 11) is 0. The zero-order valence-corrected chi connectivity index (χ0v) is 14.3. The van der Waals surface area contributed by atoms with Gasteiger partial charge in [-0.05, 0) is 67.0 Å². The minimum atomic E-state index is -0.0187. The fraction of sp³-hybridized carbons (Fsp3) is 0.375. The molecule has 2 aromatic rings. The highest BCUT2D eigenvalue weighted by Gasteiger charge is 2.17. The summed E-state index contributed by atoms with van der Waals surface area (Å²) in [5.74, 6) is -0.0187. The Kier molecular flexibility index (Phi) is 4.31. The Morgan fingerprint density at radius 1 is 1.36 bits per heavy atom. The maximum atomic E-state index is 12.2. The van der Waals surface area contributed by atoms with Crippen LogP contribution in [0.1, 0.15) is 28.2 Å². The number of aromatic nitrogens is 2. The second kappa shape index (κ2) is 6.22. The highest BCUT2D eigenvalue weighted by atomic mass is 79.9. The first-order valence-corrected chi connectivity index (χ1v) is 8.19. The number of nitrogens with zero attached hydrogens (tertiary/aromatic N) is 2. The molecule has 116 valence electrons. The molecule has 0 aliphatic carbocycles. The summed E-state index contributed by atoms with van der Waals surface area (Å²) >= 11 is 3.53. The van der Waals surface area contributed by atoms with E-state index in [-0.39, 0.29) is 11.9 Å². The average Bonchev–Trinajstić information content (AvgIpc) is 3.12. The van der Waals surface area contributed by atoms with Crippen molar-refractivity contribution in [2.24, 2.45) is 0 Å². The minimum absolute atomic E-state index is 0.0187. The molecule has 0 bridgehead atoms. The molecule has 1 amide bonds. The number of carbonyl (C=O) groups is 1. The van der Waals surface area contributed by atoms with E-state index < -0.39 is 0 Å². The maximum absolute atomic E-state index is 12.2. The summed E-state index contributed by atoms with van der Waals surface area (Å²) in [6.07, 6.45) is 0.990. The van der Waals surface area contributed by atoms with Crippen molar-refractivity contribution in [3.8, 4) is 5.69 Å². The Morgan fingerprint density at radius 2 is 2.09 bits per heavy atom. The van der Waals surface area contributed by atoms with E-state index >= 15 is 0 Å². The Bertz CT molecular complexity index is 687.